The van der Waals surface area contributed by atoms with Gasteiger partial charge in [0.15, 0.2) is 5.78 Å². The van der Waals surface area contributed by atoms with Gasteiger partial charge in [0.2, 0.25) is 5.91 Å². The maximum atomic E-state index is 13.0. The van der Waals surface area contributed by atoms with Crippen LogP contribution < -0.4 is 10.1 Å². The summed E-state index contributed by atoms with van der Waals surface area (Å²) in [4.78, 5) is 24.5. The second kappa shape index (κ2) is 5.66. The van der Waals surface area contributed by atoms with Crippen molar-refractivity contribution >= 4 is 23.1 Å². The van der Waals surface area contributed by atoms with Gasteiger partial charge in [-0.15, -0.1) is 0 Å². The van der Waals surface area contributed by atoms with E-state index in [1.54, 1.807) is 19.2 Å². The average molecular weight is 333 g/mol. The number of amides is 1. The SMILES string of the molecule is COc1ccc(C2=C3C(=O)c4c(NC(C)=O)cccc4C3N=N2)cc1. The zero-order valence-corrected chi connectivity index (χ0v) is 13.7. The van der Waals surface area contributed by atoms with Crippen molar-refractivity contribution in [1.82, 2.24) is 0 Å². The molecule has 25 heavy (non-hydrogen) atoms. The number of azo groups is 1. The van der Waals surface area contributed by atoms with E-state index in [0.29, 0.717) is 22.5 Å². The van der Waals surface area contributed by atoms with Crippen molar-refractivity contribution in [3.8, 4) is 5.75 Å². The first kappa shape index (κ1) is 15.3. The van der Waals surface area contributed by atoms with Crippen LogP contribution in [0, 0.1) is 0 Å². The summed E-state index contributed by atoms with van der Waals surface area (Å²) in [6.07, 6.45) is 0. The summed E-state index contributed by atoms with van der Waals surface area (Å²) in [6, 6.07) is 12.3. The van der Waals surface area contributed by atoms with Crippen LogP contribution in [0.3, 0.4) is 0 Å². The molecule has 1 aliphatic heterocycles. The molecule has 0 saturated carbocycles. The molecule has 1 unspecified atom stereocenters. The smallest absolute Gasteiger partial charge is 0.221 e. The molecule has 0 aromatic heterocycles. The van der Waals surface area contributed by atoms with Crippen LogP contribution in [-0.2, 0) is 4.79 Å². The predicted octanol–water partition coefficient (Wildman–Crippen LogP) is 3.77. The first-order valence-corrected chi connectivity index (χ1v) is 7.85. The van der Waals surface area contributed by atoms with Gasteiger partial charge in [0.1, 0.15) is 17.5 Å². The molecule has 124 valence electrons. The number of ether oxygens (including phenoxy) is 1. The summed E-state index contributed by atoms with van der Waals surface area (Å²) in [6.45, 7) is 1.42. The summed E-state index contributed by atoms with van der Waals surface area (Å²) < 4.78 is 5.17. The number of Topliss-reactive ketones (excluding diaryl/α,β-unsaturated/α-hetero) is 1. The zero-order valence-electron chi connectivity index (χ0n) is 13.7. The second-order valence-electron chi connectivity index (χ2n) is 5.89. The summed E-state index contributed by atoms with van der Waals surface area (Å²) in [7, 11) is 1.60. The van der Waals surface area contributed by atoms with Crippen LogP contribution in [0.2, 0.25) is 0 Å². The molecule has 1 N–H and O–H groups in total. The molecule has 0 spiro atoms. The highest BCUT2D eigenvalue weighted by atomic mass is 16.5. The first-order valence-electron chi connectivity index (χ1n) is 7.85. The molecule has 1 amide bonds. The predicted molar refractivity (Wildman–Crippen MR) is 92.6 cm³/mol. The van der Waals surface area contributed by atoms with Crippen molar-refractivity contribution in [2.24, 2.45) is 10.2 Å². The number of nitrogens with zero attached hydrogens (tertiary/aromatic N) is 2. The van der Waals surface area contributed by atoms with Gasteiger partial charge in [0.05, 0.1) is 23.9 Å². The molecule has 4 rings (SSSR count). The Morgan fingerprint density at radius 1 is 1.16 bits per heavy atom. The van der Waals surface area contributed by atoms with Gasteiger partial charge in [0, 0.05) is 12.5 Å². The van der Waals surface area contributed by atoms with Crippen molar-refractivity contribution < 1.29 is 14.3 Å². The lowest BCUT2D eigenvalue weighted by Crippen LogP contribution is -2.10. The van der Waals surface area contributed by atoms with Crippen LogP contribution in [0.15, 0.2) is 58.3 Å². The largest absolute Gasteiger partial charge is 0.497 e. The van der Waals surface area contributed by atoms with E-state index in [9.17, 15) is 9.59 Å². The molecule has 1 aliphatic carbocycles. The quantitative estimate of drug-likeness (QED) is 0.928. The Labute approximate surface area is 144 Å². The van der Waals surface area contributed by atoms with Gasteiger partial charge in [-0.25, -0.2) is 0 Å². The zero-order chi connectivity index (χ0) is 17.6. The van der Waals surface area contributed by atoms with Crippen molar-refractivity contribution in [3.63, 3.8) is 0 Å². The van der Waals surface area contributed by atoms with Crippen LogP contribution in [0.4, 0.5) is 5.69 Å². The van der Waals surface area contributed by atoms with Gasteiger partial charge in [-0.3, -0.25) is 9.59 Å². The Morgan fingerprint density at radius 2 is 1.92 bits per heavy atom. The summed E-state index contributed by atoms with van der Waals surface area (Å²) in [5.74, 6) is 0.374. The van der Waals surface area contributed by atoms with E-state index in [1.807, 2.05) is 30.3 Å². The molecule has 0 fully saturated rings. The highest BCUT2D eigenvalue weighted by Crippen LogP contribution is 2.48. The number of methoxy groups -OCH3 is 1. The average Bonchev–Trinajstić information content (AvgIpc) is 3.16. The minimum atomic E-state index is -0.409. The Morgan fingerprint density at radius 3 is 2.60 bits per heavy atom. The third-order valence-electron chi connectivity index (χ3n) is 4.34. The maximum Gasteiger partial charge on any atom is 0.221 e. The van der Waals surface area contributed by atoms with Crippen molar-refractivity contribution in [2.75, 3.05) is 12.4 Å². The second-order valence-corrected chi connectivity index (χ2v) is 5.89. The first-order chi connectivity index (χ1) is 12.1. The molecule has 0 radical (unpaired) electrons. The van der Waals surface area contributed by atoms with Gasteiger partial charge in [-0.2, -0.15) is 10.2 Å². The van der Waals surface area contributed by atoms with Gasteiger partial charge in [-0.1, -0.05) is 12.1 Å². The molecule has 2 aromatic carbocycles. The number of rotatable bonds is 3. The van der Waals surface area contributed by atoms with E-state index >= 15 is 0 Å². The number of fused-ring (bicyclic) bond motifs is 3. The minimum absolute atomic E-state index is 0.139. The molecular formula is C19H15N3O3. The molecule has 6 heteroatoms. The fourth-order valence-corrected chi connectivity index (χ4v) is 3.25. The van der Waals surface area contributed by atoms with E-state index in [1.165, 1.54) is 6.92 Å². The van der Waals surface area contributed by atoms with Crippen molar-refractivity contribution in [1.29, 1.82) is 0 Å². The lowest BCUT2D eigenvalue weighted by molar-refractivity contribution is -0.114. The lowest BCUT2D eigenvalue weighted by Gasteiger charge is -2.08. The maximum absolute atomic E-state index is 13.0. The van der Waals surface area contributed by atoms with Crippen LogP contribution >= 0.6 is 0 Å². The number of anilines is 1. The van der Waals surface area contributed by atoms with E-state index in [-0.39, 0.29) is 11.7 Å². The fourth-order valence-electron chi connectivity index (χ4n) is 3.25. The number of benzene rings is 2. The Hall–Kier alpha value is -3.28. The van der Waals surface area contributed by atoms with Gasteiger partial charge >= 0.3 is 0 Å². The van der Waals surface area contributed by atoms with E-state index in [0.717, 1.165) is 16.9 Å². The topological polar surface area (TPSA) is 80.1 Å². The standard InChI is InChI=1S/C19H15N3O3/c1-10(23)20-14-5-3-4-13-15(14)19(24)16-17(21-22-18(13)16)11-6-8-12(25-2)9-7-11/h3-9,18H,1-2H3,(H,20,23). The van der Waals surface area contributed by atoms with Gasteiger partial charge in [0.25, 0.3) is 0 Å². The molecule has 1 atom stereocenters. The van der Waals surface area contributed by atoms with E-state index < -0.39 is 6.04 Å². The minimum Gasteiger partial charge on any atom is -0.497 e. The molecular weight excluding hydrogens is 318 g/mol. The highest BCUT2D eigenvalue weighted by molar-refractivity contribution is 6.22. The molecule has 1 heterocycles. The lowest BCUT2D eigenvalue weighted by atomic mass is 10.0. The number of nitrogens with one attached hydrogen (secondary N) is 1. The molecule has 6 nitrogen and oxygen atoms in total. The Bertz CT molecular complexity index is 958. The monoisotopic (exact) mass is 333 g/mol. The molecule has 2 aliphatic rings. The Kier molecular flexibility index (Phi) is 3.46. The number of hydrogen-bond acceptors (Lipinski definition) is 5. The van der Waals surface area contributed by atoms with E-state index in [4.69, 9.17) is 4.74 Å². The summed E-state index contributed by atoms with van der Waals surface area (Å²) in [5, 5.41) is 11.3. The molecule has 0 saturated heterocycles. The molecule has 0 bridgehead atoms. The summed E-state index contributed by atoms with van der Waals surface area (Å²) in [5.41, 5.74) is 3.73. The van der Waals surface area contributed by atoms with Crippen molar-refractivity contribution in [2.45, 2.75) is 13.0 Å². The normalized spacial score (nSPS) is 17.5. The summed E-state index contributed by atoms with van der Waals surface area (Å²) >= 11 is 0. The number of carbonyl (C=O) groups is 2. The molecule has 2 aromatic rings. The van der Waals surface area contributed by atoms with E-state index in [2.05, 4.69) is 15.5 Å². The van der Waals surface area contributed by atoms with Gasteiger partial charge < -0.3 is 10.1 Å². The number of carbonyl (C=O) groups excluding carboxylic acids is 2. The van der Waals surface area contributed by atoms with Crippen molar-refractivity contribution in [3.05, 3.63) is 64.7 Å². The number of ketones is 1. The van der Waals surface area contributed by atoms with Crippen LogP contribution in [0.25, 0.3) is 5.70 Å². The van der Waals surface area contributed by atoms with Crippen LogP contribution in [0.5, 0.6) is 5.75 Å². The number of hydrogen-bond donors (Lipinski definition) is 1. The van der Waals surface area contributed by atoms with Crippen LogP contribution in [-0.4, -0.2) is 18.8 Å². The highest BCUT2D eigenvalue weighted by Gasteiger charge is 2.42. The van der Waals surface area contributed by atoms with Crippen LogP contribution in [0.1, 0.15) is 34.5 Å². The third-order valence-corrected chi connectivity index (χ3v) is 4.34. The Balaban J connectivity index is 1.82. The fraction of sp³-hybridized carbons (Fsp3) is 0.158. The van der Waals surface area contributed by atoms with Gasteiger partial charge in [-0.05, 0) is 35.9 Å². The third kappa shape index (κ3) is 2.34.